The molecule has 2 N–H and O–H groups in total. The van der Waals surface area contributed by atoms with Crippen LogP contribution in [0.1, 0.15) is 25.8 Å². The second-order valence-corrected chi connectivity index (χ2v) is 8.26. The van der Waals surface area contributed by atoms with Gasteiger partial charge in [0, 0.05) is 5.69 Å². The van der Waals surface area contributed by atoms with Gasteiger partial charge in [-0.25, -0.2) is 4.79 Å². The molecule has 0 spiro atoms. The summed E-state index contributed by atoms with van der Waals surface area (Å²) in [5.41, 5.74) is 2.08. The van der Waals surface area contributed by atoms with Crippen molar-refractivity contribution in [2.75, 3.05) is 18.2 Å². The molecule has 0 radical (unpaired) electrons. The lowest BCUT2D eigenvalue weighted by Crippen LogP contribution is -2.46. The number of amides is 1. The number of hydrogen-bond acceptors (Lipinski definition) is 8. The zero-order valence-electron chi connectivity index (χ0n) is 15.8. The number of ether oxygens (including phenoxy) is 1. The SMILES string of the molecule is CC[C@H](C)[C@H](NC(=O)CSc1nnc(Nc2ccccc2C)s1)C(=O)OC. The number of nitrogens with one attached hydrogen (secondary N) is 2. The van der Waals surface area contributed by atoms with Crippen molar-refractivity contribution in [3.05, 3.63) is 29.8 Å². The summed E-state index contributed by atoms with van der Waals surface area (Å²) in [6, 6.07) is 7.27. The molecule has 0 fully saturated rings. The number of aryl methyl sites for hydroxylation is 1. The van der Waals surface area contributed by atoms with Crippen LogP contribution in [-0.4, -0.2) is 41.0 Å². The summed E-state index contributed by atoms with van der Waals surface area (Å²) < 4.78 is 5.46. The van der Waals surface area contributed by atoms with E-state index in [0.29, 0.717) is 9.47 Å². The Balaban J connectivity index is 1.89. The van der Waals surface area contributed by atoms with Crippen molar-refractivity contribution in [1.29, 1.82) is 0 Å². The van der Waals surface area contributed by atoms with Gasteiger partial charge in [0.1, 0.15) is 6.04 Å². The fourth-order valence-electron chi connectivity index (χ4n) is 2.29. The number of aromatic nitrogens is 2. The summed E-state index contributed by atoms with van der Waals surface area (Å²) in [5.74, 6) is -0.511. The van der Waals surface area contributed by atoms with Gasteiger partial charge in [0.2, 0.25) is 11.0 Å². The smallest absolute Gasteiger partial charge is 0.328 e. The molecule has 9 heteroatoms. The fraction of sp³-hybridized carbons (Fsp3) is 0.444. The molecule has 7 nitrogen and oxygen atoms in total. The summed E-state index contributed by atoms with van der Waals surface area (Å²) in [7, 11) is 1.32. The minimum atomic E-state index is -0.638. The predicted molar refractivity (Wildman–Crippen MR) is 108 cm³/mol. The van der Waals surface area contributed by atoms with Crippen LogP contribution < -0.4 is 10.6 Å². The average molecular weight is 409 g/mol. The van der Waals surface area contributed by atoms with Crippen LogP contribution in [0.2, 0.25) is 0 Å². The number of nitrogens with zero attached hydrogens (tertiary/aromatic N) is 2. The normalized spacial score (nSPS) is 12.9. The van der Waals surface area contributed by atoms with E-state index in [2.05, 4.69) is 20.8 Å². The maximum Gasteiger partial charge on any atom is 0.328 e. The molecule has 1 aromatic heterocycles. The number of benzene rings is 1. The summed E-state index contributed by atoms with van der Waals surface area (Å²) in [6.07, 6.45) is 0.761. The van der Waals surface area contributed by atoms with Gasteiger partial charge >= 0.3 is 5.97 Å². The van der Waals surface area contributed by atoms with E-state index in [0.717, 1.165) is 17.7 Å². The van der Waals surface area contributed by atoms with Gasteiger partial charge in [-0.05, 0) is 24.5 Å². The van der Waals surface area contributed by atoms with E-state index in [1.165, 1.54) is 30.2 Å². The second-order valence-electron chi connectivity index (χ2n) is 6.06. The first-order chi connectivity index (χ1) is 12.9. The van der Waals surface area contributed by atoms with Crippen molar-refractivity contribution in [2.24, 2.45) is 5.92 Å². The van der Waals surface area contributed by atoms with Gasteiger partial charge in [-0.2, -0.15) is 0 Å². The van der Waals surface area contributed by atoms with Crippen molar-refractivity contribution >= 4 is 45.8 Å². The molecule has 2 rings (SSSR count). The molecule has 0 saturated heterocycles. The number of carbonyl (C=O) groups excluding carboxylic acids is 2. The molecule has 146 valence electrons. The van der Waals surface area contributed by atoms with E-state index in [1.54, 1.807) is 0 Å². The molecule has 0 saturated carbocycles. The van der Waals surface area contributed by atoms with Crippen molar-refractivity contribution in [1.82, 2.24) is 15.5 Å². The maximum absolute atomic E-state index is 12.2. The number of anilines is 2. The quantitative estimate of drug-likeness (QED) is 0.485. The molecule has 0 unspecified atom stereocenters. The molecule has 0 aliphatic rings. The molecule has 0 bridgehead atoms. The largest absolute Gasteiger partial charge is 0.467 e. The summed E-state index contributed by atoms with van der Waals surface area (Å²) >= 11 is 2.66. The first-order valence-corrected chi connectivity index (χ1v) is 10.4. The number of hydrogen-bond donors (Lipinski definition) is 2. The third-order valence-corrected chi connectivity index (χ3v) is 6.08. The second kappa shape index (κ2) is 10.3. The fourth-order valence-corrected chi connectivity index (χ4v) is 3.86. The number of esters is 1. The standard InChI is InChI=1S/C18H24N4O3S2/c1-5-11(2)15(16(24)25-4)20-14(23)10-26-18-22-21-17(27-18)19-13-9-7-6-8-12(13)3/h6-9,11,15H,5,10H2,1-4H3,(H,19,21)(H,20,23)/t11-,15-/m0/s1. The number of methoxy groups -OCH3 is 1. The van der Waals surface area contributed by atoms with E-state index in [-0.39, 0.29) is 17.6 Å². The topological polar surface area (TPSA) is 93.2 Å². The molecule has 0 aliphatic heterocycles. The highest BCUT2D eigenvalue weighted by Gasteiger charge is 2.26. The Bertz CT molecular complexity index is 781. The summed E-state index contributed by atoms with van der Waals surface area (Å²) in [5, 5.41) is 14.8. The third-order valence-electron chi connectivity index (χ3n) is 4.10. The Morgan fingerprint density at radius 2 is 2.04 bits per heavy atom. The highest BCUT2D eigenvalue weighted by molar-refractivity contribution is 8.01. The molecule has 27 heavy (non-hydrogen) atoms. The summed E-state index contributed by atoms with van der Waals surface area (Å²) in [6.45, 7) is 5.88. The Morgan fingerprint density at radius 3 is 2.70 bits per heavy atom. The molecule has 1 heterocycles. The summed E-state index contributed by atoms with van der Waals surface area (Å²) in [4.78, 5) is 24.1. The molecular weight excluding hydrogens is 384 g/mol. The Kier molecular flexibility index (Phi) is 8.05. The minimum absolute atomic E-state index is 0.00200. The van der Waals surface area contributed by atoms with Crippen LogP contribution in [-0.2, 0) is 14.3 Å². The van der Waals surface area contributed by atoms with Gasteiger partial charge in [0.15, 0.2) is 4.34 Å². The van der Waals surface area contributed by atoms with E-state index in [1.807, 2.05) is 45.0 Å². The number of carbonyl (C=O) groups is 2. The zero-order chi connectivity index (χ0) is 19.8. The van der Waals surface area contributed by atoms with Crippen LogP contribution in [0.15, 0.2) is 28.6 Å². The maximum atomic E-state index is 12.2. The number of thioether (sulfide) groups is 1. The van der Waals surface area contributed by atoms with Crippen LogP contribution in [0.5, 0.6) is 0 Å². The van der Waals surface area contributed by atoms with E-state index in [9.17, 15) is 9.59 Å². The van der Waals surface area contributed by atoms with E-state index in [4.69, 9.17) is 4.74 Å². The van der Waals surface area contributed by atoms with E-state index >= 15 is 0 Å². The Labute approximate surface area is 167 Å². The molecule has 1 amide bonds. The Hall–Kier alpha value is -2.13. The minimum Gasteiger partial charge on any atom is -0.467 e. The van der Waals surface area contributed by atoms with Gasteiger partial charge < -0.3 is 15.4 Å². The molecule has 0 aliphatic carbocycles. The lowest BCUT2D eigenvalue weighted by Gasteiger charge is -2.21. The first kappa shape index (κ1) is 21.2. The van der Waals surface area contributed by atoms with Crippen molar-refractivity contribution in [2.45, 2.75) is 37.6 Å². The van der Waals surface area contributed by atoms with E-state index < -0.39 is 12.0 Å². The van der Waals surface area contributed by atoms with Crippen LogP contribution in [0, 0.1) is 12.8 Å². The van der Waals surface area contributed by atoms with Gasteiger partial charge in [0.25, 0.3) is 0 Å². The van der Waals surface area contributed by atoms with Crippen LogP contribution in [0.4, 0.5) is 10.8 Å². The van der Waals surface area contributed by atoms with Crippen molar-refractivity contribution < 1.29 is 14.3 Å². The molecule has 1 aromatic carbocycles. The number of rotatable bonds is 9. The highest BCUT2D eigenvalue weighted by Crippen LogP contribution is 2.28. The lowest BCUT2D eigenvalue weighted by atomic mass is 9.99. The average Bonchev–Trinajstić information content (AvgIpc) is 3.12. The molecule has 2 aromatic rings. The van der Waals surface area contributed by atoms with Gasteiger partial charge in [0.05, 0.1) is 12.9 Å². The third kappa shape index (κ3) is 6.21. The molecule has 2 atom stereocenters. The lowest BCUT2D eigenvalue weighted by molar-refractivity contribution is -0.146. The Morgan fingerprint density at radius 1 is 1.30 bits per heavy atom. The van der Waals surface area contributed by atoms with Crippen molar-refractivity contribution in [3.63, 3.8) is 0 Å². The molecular formula is C18H24N4O3S2. The van der Waals surface area contributed by atoms with Crippen LogP contribution >= 0.6 is 23.1 Å². The van der Waals surface area contributed by atoms with Crippen LogP contribution in [0.3, 0.4) is 0 Å². The first-order valence-electron chi connectivity index (χ1n) is 8.60. The van der Waals surface area contributed by atoms with Crippen LogP contribution in [0.25, 0.3) is 0 Å². The monoisotopic (exact) mass is 408 g/mol. The zero-order valence-corrected chi connectivity index (χ0v) is 17.4. The predicted octanol–water partition coefficient (Wildman–Crippen LogP) is 3.39. The van der Waals surface area contributed by atoms with Crippen molar-refractivity contribution in [3.8, 4) is 0 Å². The highest BCUT2D eigenvalue weighted by atomic mass is 32.2. The van der Waals surface area contributed by atoms with Gasteiger partial charge in [-0.15, -0.1) is 10.2 Å². The van der Waals surface area contributed by atoms with Gasteiger partial charge in [-0.3, -0.25) is 4.79 Å². The van der Waals surface area contributed by atoms with Gasteiger partial charge in [-0.1, -0.05) is 61.6 Å². The number of para-hydroxylation sites is 1.